The van der Waals surface area contributed by atoms with Gasteiger partial charge < -0.3 is 10.1 Å². The molecule has 1 unspecified atom stereocenters. The van der Waals surface area contributed by atoms with Gasteiger partial charge in [0.25, 0.3) is 0 Å². The molecule has 1 aromatic rings. The first-order valence-corrected chi connectivity index (χ1v) is 6.83. The van der Waals surface area contributed by atoms with E-state index in [9.17, 15) is 13.8 Å². The van der Waals surface area contributed by atoms with E-state index in [0.717, 1.165) is 5.56 Å². The first kappa shape index (κ1) is 14.4. The van der Waals surface area contributed by atoms with Crippen molar-refractivity contribution >= 4 is 22.7 Å². The SMILES string of the molecule is COC(=O)CS(=O)CC(=O)NCc1ccccc1. The van der Waals surface area contributed by atoms with E-state index >= 15 is 0 Å². The third-order valence-electron chi connectivity index (χ3n) is 2.13. The van der Waals surface area contributed by atoms with E-state index in [1.807, 2.05) is 30.3 Å². The van der Waals surface area contributed by atoms with Crippen molar-refractivity contribution in [2.24, 2.45) is 0 Å². The summed E-state index contributed by atoms with van der Waals surface area (Å²) in [6, 6.07) is 9.39. The molecule has 1 atom stereocenters. The predicted molar refractivity (Wildman–Crippen MR) is 68.2 cm³/mol. The van der Waals surface area contributed by atoms with E-state index in [-0.39, 0.29) is 17.4 Å². The smallest absolute Gasteiger partial charge is 0.318 e. The number of methoxy groups -OCH3 is 1. The summed E-state index contributed by atoms with van der Waals surface area (Å²) in [4.78, 5) is 22.3. The van der Waals surface area contributed by atoms with E-state index in [4.69, 9.17) is 0 Å². The van der Waals surface area contributed by atoms with Crippen molar-refractivity contribution in [2.75, 3.05) is 18.6 Å². The van der Waals surface area contributed by atoms with Gasteiger partial charge in [-0.05, 0) is 5.56 Å². The van der Waals surface area contributed by atoms with Crippen molar-refractivity contribution < 1.29 is 18.5 Å². The minimum absolute atomic E-state index is 0.193. The van der Waals surface area contributed by atoms with Crippen LogP contribution in [-0.4, -0.2) is 34.7 Å². The van der Waals surface area contributed by atoms with Crippen LogP contribution in [0.3, 0.4) is 0 Å². The summed E-state index contributed by atoms with van der Waals surface area (Å²) in [6.07, 6.45) is 0. The van der Waals surface area contributed by atoms with E-state index in [1.165, 1.54) is 7.11 Å². The Kier molecular flexibility index (Phi) is 6.07. The lowest BCUT2D eigenvalue weighted by Gasteiger charge is -2.05. The molecule has 0 saturated carbocycles. The van der Waals surface area contributed by atoms with E-state index in [2.05, 4.69) is 10.1 Å². The fourth-order valence-electron chi connectivity index (χ4n) is 1.24. The molecule has 0 aliphatic carbocycles. The molecule has 0 bridgehead atoms. The van der Waals surface area contributed by atoms with Gasteiger partial charge in [0.2, 0.25) is 5.91 Å². The molecule has 0 fully saturated rings. The first-order chi connectivity index (χ1) is 8.61. The van der Waals surface area contributed by atoms with Gasteiger partial charge in [-0.25, -0.2) is 0 Å². The third-order valence-corrected chi connectivity index (χ3v) is 3.27. The van der Waals surface area contributed by atoms with Crippen LogP contribution in [0.15, 0.2) is 30.3 Å². The minimum atomic E-state index is -1.52. The molecule has 0 radical (unpaired) electrons. The van der Waals surface area contributed by atoms with E-state index in [0.29, 0.717) is 6.54 Å². The lowest BCUT2D eigenvalue weighted by molar-refractivity contribution is -0.137. The van der Waals surface area contributed by atoms with Gasteiger partial charge in [-0.1, -0.05) is 30.3 Å². The Morgan fingerprint density at radius 3 is 2.50 bits per heavy atom. The normalized spacial score (nSPS) is 11.6. The molecule has 0 aliphatic heterocycles. The molecule has 1 N–H and O–H groups in total. The number of benzene rings is 1. The quantitative estimate of drug-likeness (QED) is 0.750. The Morgan fingerprint density at radius 1 is 1.22 bits per heavy atom. The fraction of sp³-hybridized carbons (Fsp3) is 0.333. The molecule has 5 nitrogen and oxygen atoms in total. The number of carbonyl (C=O) groups is 2. The number of nitrogens with one attached hydrogen (secondary N) is 1. The molecule has 6 heteroatoms. The van der Waals surface area contributed by atoms with E-state index < -0.39 is 16.8 Å². The highest BCUT2D eigenvalue weighted by molar-refractivity contribution is 7.86. The molecular formula is C12H15NO4S. The summed E-state index contributed by atoms with van der Waals surface area (Å²) >= 11 is 0. The molecule has 18 heavy (non-hydrogen) atoms. The van der Waals surface area contributed by atoms with Crippen LogP contribution in [0.4, 0.5) is 0 Å². The van der Waals surface area contributed by atoms with Crippen molar-refractivity contribution in [3.05, 3.63) is 35.9 Å². The Labute approximate surface area is 108 Å². The molecule has 0 aliphatic rings. The van der Waals surface area contributed by atoms with Crippen LogP contribution >= 0.6 is 0 Å². The summed E-state index contributed by atoms with van der Waals surface area (Å²) in [5.41, 5.74) is 0.963. The molecule has 0 saturated heterocycles. The second-order valence-electron chi connectivity index (χ2n) is 3.57. The van der Waals surface area contributed by atoms with E-state index in [1.54, 1.807) is 0 Å². The lowest BCUT2D eigenvalue weighted by Crippen LogP contribution is -2.29. The zero-order chi connectivity index (χ0) is 13.4. The maximum atomic E-state index is 11.4. The average Bonchev–Trinajstić information content (AvgIpc) is 2.37. The van der Waals surface area contributed by atoms with Gasteiger partial charge in [0.15, 0.2) is 0 Å². The minimum Gasteiger partial charge on any atom is -0.468 e. The van der Waals surface area contributed by atoms with Gasteiger partial charge in [-0.3, -0.25) is 13.8 Å². The average molecular weight is 269 g/mol. The number of amides is 1. The topological polar surface area (TPSA) is 72.5 Å². The summed E-state index contributed by atoms with van der Waals surface area (Å²) in [5, 5.41) is 2.64. The zero-order valence-electron chi connectivity index (χ0n) is 10.0. The predicted octanol–water partition coefficient (Wildman–Crippen LogP) is 0.225. The highest BCUT2D eigenvalue weighted by Gasteiger charge is 2.12. The van der Waals surface area contributed by atoms with Crippen molar-refractivity contribution in [1.29, 1.82) is 0 Å². The maximum Gasteiger partial charge on any atom is 0.318 e. The molecule has 1 amide bonds. The first-order valence-electron chi connectivity index (χ1n) is 5.34. The lowest BCUT2D eigenvalue weighted by atomic mass is 10.2. The van der Waals surface area contributed by atoms with Crippen LogP contribution in [0.25, 0.3) is 0 Å². The highest BCUT2D eigenvalue weighted by Crippen LogP contribution is 1.97. The highest BCUT2D eigenvalue weighted by atomic mass is 32.2. The maximum absolute atomic E-state index is 11.4. The number of carbonyl (C=O) groups excluding carboxylic acids is 2. The monoisotopic (exact) mass is 269 g/mol. The Morgan fingerprint density at radius 2 is 1.89 bits per heavy atom. The molecule has 1 rings (SSSR count). The molecule has 0 heterocycles. The molecule has 0 aromatic heterocycles. The Hall–Kier alpha value is -1.69. The molecule has 98 valence electrons. The number of hydrogen-bond donors (Lipinski definition) is 1. The summed E-state index contributed by atoms with van der Waals surface area (Å²) in [6.45, 7) is 0.384. The second-order valence-corrected chi connectivity index (χ2v) is 5.02. The van der Waals surface area contributed by atoms with Crippen molar-refractivity contribution in [1.82, 2.24) is 5.32 Å². The van der Waals surface area contributed by atoms with Crippen LogP contribution in [0, 0.1) is 0 Å². The number of esters is 1. The van der Waals surface area contributed by atoms with Gasteiger partial charge >= 0.3 is 5.97 Å². The molecule has 0 spiro atoms. The van der Waals surface area contributed by atoms with Gasteiger partial charge in [0, 0.05) is 17.3 Å². The summed E-state index contributed by atoms with van der Waals surface area (Å²) in [7, 11) is -0.307. The van der Waals surface area contributed by atoms with Crippen molar-refractivity contribution in [2.45, 2.75) is 6.54 Å². The van der Waals surface area contributed by atoms with Crippen LogP contribution in [-0.2, 0) is 31.7 Å². The number of hydrogen-bond acceptors (Lipinski definition) is 4. The van der Waals surface area contributed by atoms with Crippen LogP contribution < -0.4 is 5.32 Å². The molecule has 1 aromatic carbocycles. The third kappa shape index (κ3) is 5.58. The van der Waals surface area contributed by atoms with Gasteiger partial charge in [-0.15, -0.1) is 0 Å². The summed E-state index contributed by atoms with van der Waals surface area (Å²) < 4.78 is 15.8. The Bertz CT molecular complexity index is 433. The second kappa shape index (κ2) is 7.60. The van der Waals surface area contributed by atoms with Crippen LogP contribution in [0.2, 0.25) is 0 Å². The van der Waals surface area contributed by atoms with Crippen molar-refractivity contribution in [3.8, 4) is 0 Å². The number of rotatable bonds is 6. The number of ether oxygens (including phenoxy) is 1. The summed E-state index contributed by atoms with van der Waals surface area (Å²) in [5.74, 6) is -1.37. The largest absolute Gasteiger partial charge is 0.468 e. The van der Waals surface area contributed by atoms with Gasteiger partial charge in [0.1, 0.15) is 11.5 Å². The standard InChI is InChI=1S/C12H15NO4S/c1-17-12(15)9-18(16)8-11(14)13-7-10-5-3-2-4-6-10/h2-6H,7-9H2,1H3,(H,13,14). The zero-order valence-corrected chi connectivity index (χ0v) is 10.9. The van der Waals surface area contributed by atoms with Crippen molar-refractivity contribution in [3.63, 3.8) is 0 Å². The Balaban J connectivity index is 2.30. The van der Waals surface area contributed by atoms with Gasteiger partial charge in [0.05, 0.1) is 7.11 Å². The van der Waals surface area contributed by atoms with Gasteiger partial charge in [-0.2, -0.15) is 0 Å². The molecular weight excluding hydrogens is 254 g/mol. The van der Waals surface area contributed by atoms with Crippen LogP contribution in [0.1, 0.15) is 5.56 Å². The van der Waals surface area contributed by atoms with Crippen LogP contribution in [0.5, 0.6) is 0 Å². The fourth-order valence-corrected chi connectivity index (χ4v) is 2.11.